The van der Waals surface area contributed by atoms with Gasteiger partial charge in [0.25, 0.3) is 0 Å². The largest absolute Gasteiger partial charge is 0.299 e. The molecule has 0 spiro atoms. The Kier molecular flexibility index (Phi) is 3.40. The molecule has 0 radical (unpaired) electrons. The third-order valence-corrected chi connectivity index (χ3v) is 5.30. The van der Waals surface area contributed by atoms with E-state index >= 15 is 0 Å². The van der Waals surface area contributed by atoms with E-state index in [0.29, 0.717) is 17.8 Å². The van der Waals surface area contributed by atoms with Gasteiger partial charge in [-0.3, -0.25) is 9.89 Å². The molecule has 5 nitrogen and oxygen atoms in total. The Morgan fingerprint density at radius 2 is 2.00 bits per heavy atom. The molecule has 2 atom stereocenters. The van der Waals surface area contributed by atoms with Crippen molar-refractivity contribution in [1.29, 1.82) is 5.26 Å². The molecule has 1 aromatic carbocycles. The van der Waals surface area contributed by atoms with Gasteiger partial charge in [0.1, 0.15) is 5.78 Å². The van der Waals surface area contributed by atoms with E-state index in [0.717, 1.165) is 29.0 Å². The predicted octanol–water partition coefficient (Wildman–Crippen LogP) is 3.81. The normalized spacial score (nSPS) is 24.1. The number of aryl methyl sites for hydroxylation is 1. The van der Waals surface area contributed by atoms with Gasteiger partial charge < -0.3 is 0 Å². The van der Waals surface area contributed by atoms with Crippen molar-refractivity contribution in [3.05, 3.63) is 46.6 Å². The van der Waals surface area contributed by atoms with Crippen molar-refractivity contribution in [2.75, 3.05) is 0 Å². The molecular weight excluding hydrogens is 312 g/mol. The van der Waals surface area contributed by atoms with Gasteiger partial charge in [0.2, 0.25) is 0 Å². The zero-order valence-electron chi connectivity index (χ0n) is 14.6. The van der Waals surface area contributed by atoms with Crippen molar-refractivity contribution in [3.8, 4) is 6.07 Å². The van der Waals surface area contributed by atoms with Gasteiger partial charge in [-0.15, -0.1) is 0 Å². The number of nitriles is 1. The molecule has 2 heterocycles. The van der Waals surface area contributed by atoms with Crippen molar-refractivity contribution < 1.29 is 4.79 Å². The molecule has 1 fully saturated rings. The molecular formula is C20H20N4O. The van der Waals surface area contributed by atoms with Crippen LogP contribution in [0.25, 0.3) is 0 Å². The first-order chi connectivity index (χ1) is 11.9. The average Bonchev–Trinajstić information content (AvgIpc) is 2.92. The quantitative estimate of drug-likeness (QED) is 0.862. The molecule has 1 N–H and O–H groups in total. The van der Waals surface area contributed by atoms with Gasteiger partial charge in [-0.2, -0.15) is 10.4 Å². The second-order valence-electron chi connectivity index (χ2n) is 7.83. The minimum Gasteiger partial charge on any atom is -0.299 e. The van der Waals surface area contributed by atoms with Gasteiger partial charge in [0.05, 0.1) is 17.6 Å². The highest BCUT2D eigenvalue weighted by atomic mass is 16.1. The van der Waals surface area contributed by atoms with Gasteiger partial charge in [-0.1, -0.05) is 32.0 Å². The topological polar surface area (TPSA) is 81.9 Å². The summed E-state index contributed by atoms with van der Waals surface area (Å²) in [5.41, 5.74) is 4.17. The van der Waals surface area contributed by atoms with E-state index in [1.807, 2.05) is 31.2 Å². The van der Waals surface area contributed by atoms with Gasteiger partial charge in [-0.25, -0.2) is 4.99 Å². The lowest BCUT2D eigenvalue weighted by atomic mass is 9.63. The van der Waals surface area contributed by atoms with Crippen LogP contribution in [-0.4, -0.2) is 21.7 Å². The number of ketones is 1. The number of nitrogens with one attached hydrogen (secondary N) is 1. The number of aromatic nitrogens is 2. The number of fused-ring (bicyclic) bond motifs is 2. The number of carbonyl (C=O) groups is 1. The number of rotatable bonds is 1. The predicted molar refractivity (Wildman–Crippen MR) is 94.9 cm³/mol. The molecule has 1 aliphatic carbocycles. The van der Waals surface area contributed by atoms with Crippen LogP contribution < -0.4 is 0 Å². The summed E-state index contributed by atoms with van der Waals surface area (Å²) in [6.45, 7) is 6.16. The maximum atomic E-state index is 13.1. The average molecular weight is 332 g/mol. The number of aliphatic imine (C=N–C) groups is 1. The Bertz CT molecular complexity index is 945. The molecule has 1 aromatic heterocycles. The van der Waals surface area contributed by atoms with Crippen LogP contribution in [0.3, 0.4) is 0 Å². The summed E-state index contributed by atoms with van der Waals surface area (Å²) in [4.78, 5) is 17.8. The maximum absolute atomic E-state index is 13.1. The molecule has 1 aliphatic heterocycles. The summed E-state index contributed by atoms with van der Waals surface area (Å²) in [6.07, 6.45) is 1.31. The van der Waals surface area contributed by atoms with E-state index in [4.69, 9.17) is 4.99 Å². The third kappa shape index (κ3) is 2.41. The summed E-state index contributed by atoms with van der Waals surface area (Å²) < 4.78 is 0. The fourth-order valence-electron chi connectivity index (χ4n) is 4.31. The van der Waals surface area contributed by atoms with E-state index in [1.165, 1.54) is 0 Å². The van der Waals surface area contributed by atoms with Crippen LogP contribution in [0, 0.1) is 29.6 Å². The van der Waals surface area contributed by atoms with E-state index in [9.17, 15) is 10.1 Å². The van der Waals surface area contributed by atoms with Crippen molar-refractivity contribution >= 4 is 17.3 Å². The summed E-state index contributed by atoms with van der Waals surface area (Å²) in [7, 11) is 0. The van der Waals surface area contributed by atoms with Crippen LogP contribution >= 0.6 is 0 Å². The minimum absolute atomic E-state index is 0.0887. The zero-order chi connectivity index (χ0) is 17.8. The molecule has 0 saturated heterocycles. The lowest BCUT2D eigenvalue weighted by Gasteiger charge is -2.40. The fourth-order valence-corrected chi connectivity index (χ4v) is 4.31. The Hall–Kier alpha value is -2.74. The smallest absolute Gasteiger partial charge is 0.177 e. The Labute approximate surface area is 146 Å². The van der Waals surface area contributed by atoms with Crippen molar-refractivity contribution in [2.24, 2.45) is 16.3 Å². The summed E-state index contributed by atoms with van der Waals surface area (Å²) in [5.74, 6) is 0.373. The van der Waals surface area contributed by atoms with Crippen molar-refractivity contribution in [1.82, 2.24) is 10.2 Å². The first kappa shape index (κ1) is 15.8. The fraction of sp³-hybridized carbons (Fsp3) is 0.400. The highest BCUT2D eigenvalue weighted by molar-refractivity contribution is 6.11. The minimum atomic E-state index is -0.300. The molecule has 2 aromatic rings. The summed E-state index contributed by atoms with van der Waals surface area (Å²) in [6, 6.07) is 9.83. The first-order valence-electron chi connectivity index (χ1n) is 8.55. The Morgan fingerprint density at radius 3 is 2.76 bits per heavy atom. The van der Waals surface area contributed by atoms with Gasteiger partial charge >= 0.3 is 0 Å². The van der Waals surface area contributed by atoms with Crippen LogP contribution in [0.4, 0.5) is 5.82 Å². The van der Waals surface area contributed by atoms with Crippen LogP contribution in [0.5, 0.6) is 0 Å². The molecule has 0 amide bonds. The first-order valence-corrected chi connectivity index (χ1v) is 8.55. The van der Waals surface area contributed by atoms with E-state index in [1.54, 1.807) is 0 Å². The van der Waals surface area contributed by atoms with Gasteiger partial charge in [0, 0.05) is 29.3 Å². The summed E-state index contributed by atoms with van der Waals surface area (Å²) in [5, 5.41) is 16.9. The number of aromatic amines is 1. The lowest BCUT2D eigenvalue weighted by Crippen LogP contribution is -2.42. The van der Waals surface area contributed by atoms with Crippen molar-refractivity contribution in [3.63, 3.8) is 0 Å². The SMILES string of the molecule is Cc1[nH]nc2c1C(c1ccccc1C#N)C1C(=O)CC(C)(C)CC1=N2. The Balaban J connectivity index is 1.96. The number of carbonyl (C=O) groups excluding carboxylic acids is 1. The maximum Gasteiger partial charge on any atom is 0.177 e. The molecule has 126 valence electrons. The van der Waals surface area contributed by atoms with E-state index in [2.05, 4.69) is 30.1 Å². The molecule has 1 saturated carbocycles. The van der Waals surface area contributed by atoms with Crippen molar-refractivity contribution in [2.45, 2.75) is 39.5 Å². The number of nitrogens with zero attached hydrogens (tertiary/aromatic N) is 3. The number of H-pyrrole nitrogens is 1. The molecule has 2 unspecified atom stereocenters. The monoisotopic (exact) mass is 332 g/mol. The number of hydrogen-bond donors (Lipinski definition) is 1. The van der Waals surface area contributed by atoms with E-state index < -0.39 is 0 Å². The Morgan fingerprint density at radius 1 is 1.24 bits per heavy atom. The van der Waals surface area contributed by atoms with E-state index in [-0.39, 0.29) is 23.0 Å². The molecule has 5 heteroatoms. The van der Waals surface area contributed by atoms with Gasteiger partial charge in [0.15, 0.2) is 5.82 Å². The highest BCUT2D eigenvalue weighted by Crippen LogP contribution is 2.49. The van der Waals surface area contributed by atoms with Crippen LogP contribution in [0.1, 0.15) is 55.0 Å². The summed E-state index contributed by atoms with van der Waals surface area (Å²) >= 11 is 0. The van der Waals surface area contributed by atoms with Crippen LogP contribution in [0.15, 0.2) is 29.3 Å². The number of benzene rings is 1. The van der Waals surface area contributed by atoms with Crippen LogP contribution in [0.2, 0.25) is 0 Å². The molecule has 2 aliphatic rings. The molecule has 0 bridgehead atoms. The number of Topliss-reactive ketones (excluding diaryl/α,β-unsaturated/α-hetero) is 1. The lowest BCUT2D eigenvalue weighted by molar-refractivity contribution is -0.124. The van der Waals surface area contributed by atoms with Gasteiger partial charge in [-0.05, 0) is 30.4 Å². The third-order valence-electron chi connectivity index (χ3n) is 5.30. The second kappa shape index (κ2) is 5.38. The number of hydrogen-bond acceptors (Lipinski definition) is 4. The second-order valence-corrected chi connectivity index (χ2v) is 7.83. The standard InChI is InChI=1S/C20H20N4O/c1-11-16-17(13-7-5-4-6-12(13)10-21)18-14(22-19(16)24-23-11)8-20(2,3)9-15(18)25/h4-7,17-18H,8-9H2,1-3H3,(H,23,24). The molecule has 4 rings (SSSR count). The van der Waals surface area contributed by atoms with Crippen LogP contribution in [-0.2, 0) is 4.79 Å². The molecule has 25 heavy (non-hydrogen) atoms. The highest BCUT2D eigenvalue weighted by Gasteiger charge is 2.47. The zero-order valence-corrected chi connectivity index (χ0v) is 14.6.